The van der Waals surface area contributed by atoms with E-state index in [4.69, 9.17) is 0 Å². The minimum Gasteiger partial charge on any atom is -0.388 e. The van der Waals surface area contributed by atoms with Crippen molar-refractivity contribution in [3.63, 3.8) is 0 Å². The Labute approximate surface area is 115 Å². The predicted octanol–water partition coefficient (Wildman–Crippen LogP) is 3.68. The molecular weight excluding hydrogens is 290 g/mol. The van der Waals surface area contributed by atoms with Gasteiger partial charge in [-0.15, -0.1) is 0 Å². The molecule has 2 nitrogen and oxygen atoms in total. The lowest BCUT2D eigenvalue weighted by atomic mass is 10.0. The summed E-state index contributed by atoms with van der Waals surface area (Å²) in [5.41, 5.74) is 2.22. The molecular formula is C15H14BrNO. The topological polar surface area (TPSA) is 33.1 Å². The number of halogens is 1. The molecule has 2 aromatic rings. The third-order valence-corrected chi connectivity index (χ3v) is 3.97. The zero-order chi connectivity index (χ0) is 12.5. The summed E-state index contributed by atoms with van der Waals surface area (Å²) < 4.78 is 0.913. The molecule has 0 saturated heterocycles. The van der Waals surface area contributed by atoms with Crippen LogP contribution < -0.4 is 0 Å². The maximum atomic E-state index is 10.4. The van der Waals surface area contributed by atoms with Gasteiger partial charge in [0.1, 0.15) is 0 Å². The van der Waals surface area contributed by atoms with Gasteiger partial charge in [0.05, 0.1) is 6.10 Å². The van der Waals surface area contributed by atoms with Gasteiger partial charge in [-0.05, 0) is 45.8 Å². The predicted molar refractivity (Wildman–Crippen MR) is 74.2 cm³/mol. The van der Waals surface area contributed by atoms with Crippen LogP contribution in [0.5, 0.6) is 0 Å². The summed E-state index contributed by atoms with van der Waals surface area (Å²) in [7, 11) is 0. The van der Waals surface area contributed by atoms with Crippen molar-refractivity contribution < 1.29 is 5.11 Å². The van der Waals surface area contributed by atoms with Crippen molar-refractivity contribution in [3.8, 4) is 0 Å². The van der Waals surface area contributed by atoms with E-state index in [0.29, 0.717) is 11.8 Å². The first-order chi connectivity index (χ1) is 8.75. The molecule has 92 valence electrons. The lowest BCUT2D eigenvalue weighted by Gasteiger charge is -2.10. The molecule has 1 aromatic carbocycles. The molecule has 0 spiro atoms. The first kappa shape index (κ1) is 11.9. The summed E-state index contributed by atoms with van der Waals surface area (Å²) in [6, 6.07) is 12.3. The zero-order valence-electron chi connectivity index (χ0n) is 9.83. The maximum Gasteiger partial charge on any atom is 0.0839 e. The molecule has 1 heterocycles. The lowest BCUT2D eigenvalue weighted by Crippen LogP contribution is -2.02. The van der Waals surface area contributed by atoms with Gasteiger partial charge in [-0.3, -0.25) is 4.98 Å². The minimum atomic E-state index is -0.416. The second kappa shape index (κ2) is 4.82. The fourth-order valence-corrected chi connectivity index (χ4v) is 2.87. The average Bonchev–Trinajstić information content (AvgIpc) is 3.19. The molecule has 3 unspecified atom stereocenters. The fourth-order valence-electron chi connectivity index (χ4n) is 2.48. The van der Waals surface area contributed by atoms with E-state index in [2.05, 4.69) is 45.2 Å². The summed E-state index contributed by atoms with van der Waals surface area (Å²) in [6.45, 7) is 0. The van der Waals surface area contributed by atoms with E-state index in [-0.39, 0.29) is 0 Å². The van der Waals surface area contributed by atoms with Crippen molar-refractivity contribution in [1.82, 2.24) is 4.98 Å². The third-order valence-electron chi connectivity index (χ3n) is 3.54. The maximum absolute atomic E-state index is 10.4. The Hall–Kier alpha value is -1.19. The van der Waals surface area contributed by atoms with Crippen molar-refractivity contribution in [2.45, 2.75) is 18.4 Å². The van der Waals surface area contributed by atoms with E-state index in [1.54, 1.807) is 12.4 Å². The highest BCUT2D eigenvalue weighted by Gasteiger charge is 2.43. The molecule has 3 rings (SSSR count). The normalized spacial score (nSPS) is 23.7. The van der Waals surface area contributed by atoms with Gasteiger partial charge < -0.3 is 5.11 Å². The first-order valence-corrected chi connectivity index (χ1v) is 6.88. The molecule has 3 atom stereocenters. The highest BCUT2D eigenvalue weighted by atomic mass is 79.9. The van der Waals surface area contributed by atoms with Crippen LogP contribution in [0.2, 0.25) is 0 Å². The smallest absolute Gasteiger partial charge is 0.0839 e. The molecule has 1 N–H and O–H groups in total. The van der Waals surface area contributed by atoms with E-state index in [1.165, 1.54) is 5.56 Å². The number of aromatic nitrogens is 1. The number of aliphatic hydroxyl groups is 1. The largest absolute Gasteiger partial charge is 0.388 e. The van der Waals surface area contributed by atoms with Gasteiger partial charge in [-0.25, -0.2) is 0 Å². The second-order valence-corrected chi connectivity index (χ2v) is 5.71. The molecule has 0 amide bonds. The van der Waals surface area contributed by atoms with Crippen molar-refractivity contribution >= 4 is 15.9 Å². The standard InChI is InChI=1S/C15H14BrNO/c16-12-6-11(8-17-9-12)15(18)14-7-13(14)10-4-2-1-3-5-10/h1-6,8-9,13-15,18H,7H2. The van der Waals surface area contributed by atoms with Crippen LogP contribution in [-0.4, -0.2) is 10.1 Å². The summed E-state index contributed by atoms with van der Waals surface area (Å²) in [4.78, 5) is 4.11. The summed E-state index contributed by atoms with van der Waals surface area (Å²) >= 11 is 3.39. The fraction of sp³-hybridized carbons (Fsp3) is 0.267. The number of aliphatic hydroxyl groups excluding tert-OH is 1. The number of rotatable bonds is 3. The summed E-state index contributed by atoms with van der Waals surface area (Å²) in [5.74, 6) is 0.809. The molecule has 1 aromatic heterocycles. The molecule has 0 radical (unpaired) electrons. The molecule has 1 saturated carbocycles. The molecule has 3 heteroatoms. The highest BCUT2D eigenvalue weighted by Crippen LogP contribution is 2.53. The van der Waals surface area contributed by atoms with Gasteiger partial charge in [0.15, 0.2) is 0 Å². The average molecular weight is 304 g/mol. The number of hydrogen-bond acceptors (Lipinski definition) is 2. The van der Waals surface area contributed by atoms with Crippen LogP contribution >= 0.6 is 15.9 Å². The number of benzene rings is 1. The quantitative estimate of drug-likeness (QED) is 0.938. The van der Waals surface area contributed by atoms with Crippen LogP contribution in [0.25, 0.3) is 0 Å². The van der Waals surface area contributed by atoms with Crippen LogP contribution in [0.3, 0.4) is 0 Å². The second-order valence-electron chi connectivity index (χ2n) is 4.80. The first-order valence-electron chi connectivity index (χ1n) is 6.09. The Kier molecular flexibility index (Phi) is 3.18. The zero-order valence-corrected chi connectivity index (χ0v) is 11.4. The van der Waals surface area contributed by atoms with Crippen LogP contribution in [0.1, 0.15) is 29.6 Å². The molecule has 0 aliphatic heterocycles. The summed E-state index contributed by atoms with van der Waals surface area (Å²) in [5, 5.41) is 10.4. The van der Waals surface area contributed by atoms with E-state index in [1.807, 2.05) is 12.1 Å². The van der Waals surface area contributed by atoms with Gasteiger partial charge in [-0.2, -0.15) is 0 Å². The van der Waals surface area contributed by atoms with E-state index >= 15 is 0 Å². The minimum absolute atomic E-state index is 0.323. The van der Waals surface area contributed by atoms with Crippen LogP contribution in [0.15, 0.2) is 53.3 Å². The van der Waals surface area contributed by atoms with Gasteiger partial charge in [0.2, 0.25) is 0 Å². The van der Waals surface area contributed by atoms with E-state index in [9.17, 15) is 5.11 Å². The molecule has 1 fully saturated rings. The van der Waals surface area contributed by atoms with Crippen LogP contribution in [0, 0.1) is 5.92 Å². The van der Waals surface area contributed by atoms with Gasteiger partial charge in [0.25, 0.3) is 0 Å². The van der Waals surface area contributed by atoms with Crippen LogP contribution in [0.4, 0.5) is 0 Å². The SMILES string of the molecule is OC(c1cncc(Br)c1)C1CC1c1ccccc1. The molecule has 18 heavy (non-hydrogen) atoms. The lowest BCUT2D eigenvalue weighted by molar-refractivity contribution is 0.151. The summed E-state index contributed by atoms with van der Waals surface area (Å²) in [6.07, 6.45) is 4.12. The monoisotopic (exact) mass is 303 g/mol. The Morgan fingerprint density at radius 3 is 2.72 bits per heavy atom. The number of hydrogen-bond donors (Lipinski definition) is 1. The number of pyridine rings is 1. The van der Waals surface area contributed by atoms with Crippen molar-refractivity contribution in [2.24, 2.45) is 5.92 Å². The van der Waals surface area contributed by atoms with Crippen molar-refractivity contribution in [1.29, 1.82) is 0 Å². The number of nitrogens with zero attached hydrogens (tertiary/aromatic N) is 1. The highest BCUT2D eigenvalue weighted by molar-refractivity contribution is 9.10. The van der Waals surface area contributed by atoms with Crippen molar-refractivity contribution in [2.75, 3.05) is 0 Å². The molecule has 0 bridgehead atoms. The Morgan fingerprint density at radius 2 is 2.00 bits per heavy atom. The Morgan fingerprint density at radius 1 is 1.22 bits per heavy atom. The van der Waals surface area contributed by atoms with Gasteiger partial charge in [-0.1, -0.05) is 30.3 Å². The Balaban J connectivity index is 1.75. The Bertz CT molecular complexity index is 543. The van der Waals surface area contributed by atoms with Crippen molar-refractivity contribution in [3.05, 3.63) is 64.4 Å². The molecule has 1 aliphatic rings. The molecule has 1 aliphatic carbocycles. The van der Waals surface area contributed by atoms with Gasteiger partial charge >= 0.3 is 0 Å². The van der Waals surface area contributed by atoms with E-state index in [0.717, 1.165) is 16.5 Å². The van der Waals surface area contributed by atoms with Crippen LogP contribution in [-0.2, 0) is 0 Å². The van der Waals surface area contributed by atoms with Gasteiger partial charge in [0, 0.05) is 22.4 Å². The van der Waals surface area contributed by atoms with E-state index < -0.39 is 6.10 Å². The third kappa shape index (κ3) is 2.33.